The average Bonchev–Trinajstić information content (AvgIpc) is 2.92. The summed E-state index contributed by atoms with van der Waals surface area (Å²) in [6.07, 6.45) is 22.6. The SMILES string of the molecule is NCC1C=CC(c2nc3ccnn3cc2C2C=CCC=CC2)=CC1. The Morgan fingerprint density at radius 2 is 2.12 bits per heavy atom. The molecular formula is C20H22N4. The summed E-state index contributed by atoms with van der Waals surface area (Å²) in [5.41, 5.74) is 10.2. The first kappa shape index (κ1) is 15.1. The van der Waals surface area contributed by atoms with Crippen molar-refractivity contribution in [3.63, 3.8) is 0 Å². The number of aromatic nitrogens is 3. The monoisotopic (exact) mass is 318 g/mol. The molecule has 0 saturated heterocycles. The fraction of sp³-hybridized carbons (Fsp3) is 0.300. The van der Waals surface area contributed by atoms with E-state index < -0.39 is 0 Å². The minimum absolute atomic E-state index is 0.335. The van der Waals surface area contributed by atoms with E-state index in [1.54, 1.807) is 6.20 Å². The van der Waals surface area contributed by atoms with Crippen molar-refractivity contribution < 1.29 is 0 Å². The maximum absolute atomic E-state index is 5.79. The van der Waals surface area contributed by atoms with Crippen molar-refractivity contribution in [1.82, 2.24) is 14.6 Å². The Hall–Kier alpha value is -2.46. The highest BCUT2D eigenvalue weighted by molar-refractivity contribution is 5.76. The number of nitrogens with two attached hydrogens (primary N) is 1. The van der Waals surface area contributed by atoms with Crippen LogP contribution in [0.3, 0.4) is 0 Å². The largest absolute Gasteiger partial charge is 0.330 e. The molecule has 4 nitrogen and oxygen atoms in total. The van der Waals surface area contributed by atoms with Crippen LogP contribution < -0.4 is 5.73 Å². The van der Waals surface area contributed by atoms with Crippen LogP contribution in [0, 0.1) is 5.92 Å². The van der Waals surface area contributed by atoms with E-state index in [0.717, 1.165) is 30.6 Å². The Balaban J connectivity index is 1.81. The van der Waals surface area contributed by atoms with Crippen LogP contribution in [0.1, 0.15) is 36.4 Å². The van der Waals surface area contributed by atoms with Gasteiger partial charge in [-0.15, -0.1) is 0 Å². The topological polar surface area (TPSA) is 56.2 Å². The molecule has 4 rings (SSSR count). The number of hydrogen-bond donors (Lipinski definition) is 1. The van der Waals surface area contributed by atoms with Crippen LogP contribution in [0.5, 0.6) is 0 Å². The Bertz CT molecular complexity index is 854. The van der Waals surface area contributed by atoms with Gasteiger partial charge in [0.25, 0.3) is 0 Å². The molecule has 2 aromatic rings. The van der Waals surface area contributed by atoms with Crippen LogP contribution in [-0.2, 0) is 0 Å². The standard InChI is InChI=1S/C20H22N4/c21-13-15-7-9-17(10-8-15)20-18(16-5-3-1-2-4-6-16)14-24-19(23-20)11-12-22-24/h1,3-4,6-7,9-12,14-16H,2,5,8,13,21H2. The maximum Gasteiger partial charge on any atom is 0.155 e. The number of fused-ring (bicyclic) bond motifs is 1. The molecule has 0 fully saturated rings. The van der Waals surface area contributed by atoms with Crippen LogP contribution >= 0.6 is 0 Å². The molecule has 2 unspecified atom stereocenters. The van der Waals surface area contributed by atoms with Crippen molar-refractivity contribution >= 4 is 11.2 Å². The molecule has 0 radical (unpaired) electrons. The van der Waals surface area contributed by atoms with Crippen molar-refractivity contribution in [2.24, 2.45) is 11.7 Å². The van der Waals surface area contributed by atoms with Gasteiger partial charge < -0.3 is 5.73 Å². The zero-order chi connectivity index (χ0) is 16.4. The molecule has 0 amide bonds. The maximum atomic E-state index is 5.79. The lowest BCUT2D eigenvalue weighted by molar-refractivity contribution is 0.670. The second kappa shape index (κ2) is 6.57. The van der Waals surface area contributed by atoms with Gasteiger partial charge in [-0.1, -0.05) is 42.5 Å². The fourth-order valence-electron chi connectivity index (χ4n) is 3.35. The van der Waals surface area contributed by atoms with Gasteiger partial charge in [-0.3, -0.25) is 0 Å². The van der Waals surface area contributed by atoms with Crippen LogP contribution in [0.2, 0.25) is 0 Å². The van der Waals surface area contributed by atoms with Crippen molar-refractivity contribution in [3.05, 3.63) is 72.2 Å². The highest BCUT2D eigenvalue weighted by Gasteiger charge is 2.19. The van der Waals surface area contributed by atoms with E-state index in [-0.39, 0.29) is 0 Å². The van der Waals surface area contributed by atoms with Gasteiger partial charge in [-0.2, -0.15) is 5.10 Å². The summed E-state index contributed by atoms with van der Waals surface area (Å²) in [4.78, 5) is 4.91. The number of nitrogens with zero attached hydrogens (tertiary/aromatic N) is 3. The van der Waals surface area contributed by atoms with E-state index in [2.05, 4.69) is 53.8 Å². The molecule has 0 aliphatic heterocycles. The Kier molecular flexibility index (Phi) is 4.13. The van der Waals surface area contributed by atoms with Crippen molar-refractivity contribution in [1.29, 1.82) is 0 Å². The van der Waals surface area contributed by atoms with Gasteiger partial charge in [0.15, 0.2) is 5.65 Å². The third-order valence-electron chi connectivity index (χ3n) is 4.77. The summed E-state index contributed by atoms with van der Waals surface area (Å²) in [7, 11) is 0. The second-order valence-corrected chi connectivity index (χ2v) is 6.41. The summed E-state index contributed by atoms with van der Waals surface area (Å²) < 4.78 is 1.87. The Morgan fingerprint density at radius 3 is 2.96 bits per heavy atom. The average molecular weight is 318 g/mol. The lowest BCUT2D eigenvalue weighted by Gasteiger charge is -2.19. The van der Waals surface area contributed by atoms with E-state index in [4.69, 9.17) is 10.7 Å². The summed E-state index contributed by atoms with van der Waals surface area (Å²) >= 11 is 0. The zero-order valence-electron chi connectivity index (χ0n) is 13.7. The highest BCUT2D eigenvalue weighted by Crippen LogP contribution is 2.32. The van der Waals surface area contributed by atoms with Crippen LogP contribution in [-0.4, -0.2) is 21.1 Å². The smallest absolute Gasteiger partial charge is 0.155 e. The van der Waals surface area contributed by atoms with E-state index >= 15 is 0 Å². The quantitative estimate of drug-likeness (QED) is 0.879. The molecule has 122 valence electrons. The van der Waals surface area contributed by atoms with Crippen LogP contribution in [0.25, 0.3) is 11.2 Å². The van der Waals surface area contributed by atoms with Crippen LogP contribution in [0.15, 0.2) is 61.0 Å². The normalized spacial score (nSPS) is 23.5. The predicted molar refractivity (Wildman–Crippen MR) is 97.5 cm³/mol. The Morgan fingerprint density at radius 1 is 1.17 bits per heavy atom. The number of hydrogen-bond acceptors (Lipinski definition) is 3. The minimum atomic E-state index is 0.335. The lowest BCUT2D eigenvalue weighted by Crippen LogP contribution is -2.13. The zero-order valence-corrected chi connectivity index (χ0v) is 13.7. The molecule has 0 aromatic carbocycles. The van der Waals surface area contributed by atoms with Crippen molar-refractivity contribution in [3.8, 4) is 0 Å². The van der Waals surface area contributed by atoms with Gasteiger partial charge in [-0.25, -0.2) is 9.50 Å². The van der Waals surface area contributed by atoms with Gasteiger partial charge >= 0.3 is 0 Å². The summed E-state index contributed by atoms with van der Waals surface area (Å²) in [6.45, 7) is 0.693. The predicted octanol–water partition coefficient (Wildman–Crippen LogP) is 3.64. The number of rotatable bonds is 3. The Labute approximate surface area is 142 Å². The van der Waals surface area contributed by atoms with Gasteiger partial charge in [0.1, 0.15) is 0 Å². The molecule has 0 spiro atoms. The molecule has 0 saturated carbocycles. The lowest BCUT2D eigenvalue weighted by atomic mass is 9.89. The van der Waals surface area contributed by atoms with E-state index in [0.29, 0.717) is 18.4 Å². The third kappa shape index (κ3) is 2.85. The van der Waals surface area contributed by atoms with Gasteiger partial charge in [0.2, 0.25) is 0 Å². The fourth-order valence-corrected chi connectivity index (χ4v) is 3.35. The van der Waals surface area contributed by atoms with Crippen LogP contribution in [0.4, 0.5) is 0 Å². The molecule has 0 bridgehead atoms. The van der Waals surface area contributed by atoms with Gasteiger partial charge in [0, 0.05) is 23.7 Å². The summed E-state index contributed by atoms with van der Waals surface area (Å²) in [5.74, 6) is 0.776. The summed E-state index contributed by atoms with van der Waals surface area (Å²) in [5, 5.41) is 4.37. The first-order valence-electron chi connectivity index (χ1n) is 8.60. The van der Waals surface area contributed by atoms with Gasteiger partial charge in [-0.05, 0) is 37.3 Å². The van der Waals surface area contributed by atoms with Gasteiger partial charge in [0.05, 0.1) is 11.9 Å². The molecule has 2 atom stereocenters. The van der Waals surface area contributed by atoms with Crippen molar-refractivity contribution in [2.45, 2.75) is 25.2 Å². The van der Waals surface area contributed by atoms with E-state index in [1.807, 2.05) is 10.6 Å². The summed E-state index contributed by atoms with van der Waals surface area (Å²) in [6, 6.07) is 1.95. The molecule has 2 N–H and O–H groups in total. The van der Waals surface area contributed by atoms with E-state index in [9.17, 15) is 0 Å². The van der Waals surface area contributed by atoms with Crippen molar-refractivity contribution in [2.75, 3.05) is 6.54 Å². The highest BCUT2D eigenvalue weighted by atomic mass is 15.2. The van der Waals surface area contributed by atoms with E-state index in [1.165, 1.54) is 11.1 Å². The first-order chi connectivity index (χ1) is 11.8. The number of allylic oxidation sites excluding steroid dienone is 7. The second-order valence-electron chi connectivity index (χ2n) is 6.41. The molecular weight excluding hydrogens is 296 g/mol. The molecule has 2 aromatic heterocycles. The molecule has 2 heterocycles. The first-order valence-corrected chi connectivity index (χ1v) is 8.60. The molecule has 2 aliphatic rings. The molecule has 24 heavy (non-hydrogen) atoms. The molecule has 2 aliphatic carbocycles. The minimum Gasteiger partial charge on any atom is -0.330 e. The third-order valence-corrected chi connectivity index (χ3v) is 4.77. The molecule has 4 heteroatoms.